The Hall–Kier alpha value is -3.37. The number of urea groups is 1. The van der Waals surface area contributed by atoms with Crippen LogP contribution in [-0.2, 0) is 4.74 Å². The van der Waals surface area contributed by atoms with E-state index >= 15 is 0 Å². The molecule has 0 aromatic heterocycles. The summed E-state index contributed by atoms with van der Waals surface area (Å²) in [5, 5.41) is 14.7. The minimum atomic E-state index is -0.275. The fourth-order valence-electron chi connectivity index (χ4n) is 4.06. The van der Waals surface area contributed by atoms with Crippen LogP contribution in [-0.4, -0.2) is 50.2 Å². The highest BCUT2D eigenvalue weighted by Gasteiger charge is 2.25. The van der Waals surface area contributed by atoms with Gasteiger partial charge >= 0.3 is 6.03 Å². The van der Waals surface area contributed by atoms with E-state index in [9.17, 15) is 9.59 Å². The molecule has 0 saturated carbocycles. The van der Waals surface area contributed by atoms with Crippen LogP contribution in [0, 0.1) is 18.3 Å². The third kappa shape index (κ3) is 6.80. The third-order valence-corrected chi connectivity index (χ3v) is 6.09. The van der Waals surface area contributed by atoms with Gasteiger partial charge in [0, 0.05) is 44.6 Å². The Morgan fingerprint density at radius 3 is 2.52 bits per heavy atom. The quantitative estimate of drug-likeness (QED) is 0.584. The second-order valence-electron chi connectivity index (χ2n) is 8.41. The van der Waals surface area contributed by atoms with Crippen molar-refractivity contribution in [1.29, 1.82) is 5.26 Å². The van der Waals surface area contributed by atoms with E-state index in [0.29, 0.717) is 49.0 Å². The van der Waals surface area contributed by atoms with E-state index in [-0.39, 0.29) is 11.9 Å². The molecular formula is C26H32N4O3. The zero-order valence-corrected chi connectivity index (χ0v) is 19.4. The number of hydrogen-bond acceptors (Lipinski definition) is 4. The molecule has 2 aromatic carbocycles. The monoisotopic (exact) mass is 448 g/mol. The number of rotatable bonds is 8. The summed E-state index contributed by atoms with van der Waals surface area (Å²) in [4.78, 5) is 27.2. The maximum Gasteiger partial charge on any atom is 0.319 e. The molecule has 0 unspecified atom stereocenters. The van der Waals surface area contributed by atoms with Crippen LogP contribution in [0.4, 0.5) is 10.5 Å². The first-order valence-electron chi connectivity index (χ1n) is 11.5. The van der Waals surface area contributed by atoms with Gasteiger partial charge < -0.3 is 20.3 Å². The number of amides is 3. The van der Waals surface area contributed by atoms with Crippen molar-refractivity contribution in [3.05, 3.63) is 64.7 Å². The normalized spacial score (nSPS) is 13.9. The molecule has 2 N–H and O–H groups in total. The molecule has 3 amide bonds. The zero-order valence-electron chi connectivity index (χ0n) is 19.4. The van der Waals surface area contributed by atoms with E-state index in [0.717, 1.165) is 31.2 Å². The Morgan fingerprint density at radius 1 is 1.12 bits per heavy atom. The average molecular weight is 449 g/mol. The standard InChI is InChI=1S/C26H32N4O3/c1-19-5-8-23(17-24(19)29-26(32)28-13-3-4-16-33-2)25(31)30-14-11-22(12-15-30)21-9-6-20(18-27)7-10-21/h5-10,17,22H,3-4,11-16H2,1-2H3,(H2,28,29,32). The lowest BCUT2D eigenvalue weighted by Gasteiger charge is -2.32. The van der Waals surface area contributed by atoms with Crippen LogP contribution in [0.5, 0.6) is 0 Å². The summed E-state index contributed by atoms with van der Waals surface area (Å²) < 4.78 is 5.01. The van der Waals surface area contributed by atoms with Crippen LogP contribution < -0.4 is 10.6 Å². The maximum absolute atomic E-state index is 13.1. The first kappa shape index (κ1) is 24.3. The Balaban J connectivity index is 1.54. The number of ether oxygens (including phenoxy) is 1. The van der Waals surface area contributed by atoms with Crippen molar-refractivity contribution >= 4 is 17.6 Å². The predicted molar refractivity (Wildman–Crippen MR) is 128 cm³/mol. The number of methoxy groups -OCH3 is 1. The molecule has 0 atom stereocenters. The summed E-state index contributed by atoms with van der Waals surface area (Å²) in [6.45, 7) is 4.52. The maximum atomic E-state index is 13.1. The van der Waals surface area contributed by atoms with Gasteiger partial charge in [0.25, 0.3) is 5.91 Å². The van der Waals surface area contributed by atoms with Gasteiger partial charge in [-0.05, 0) is 73.9 Å². The fourth-order valence-corrected chi connectivity index (χ4v) is 4.06. The minimum absolute atomic E-state index is 0.0173. The van der Waals surface area contributed by atoms with Crippen LogP contribution in [0.25, 0.3) is 0 Å². The minimum Gasteiger partial charge on any atom is -0.385 e. The summed E-state index contributed by atoms with van der Waals surface area (Å²) in [6, 6.07) is 15.0. The van der Waals surface area contributed by atoms with Gasteiger partial charge in [-0.1, -0.05) is 18.2 Å². The molecule has 33 heavy (non-hydrogen) atoms. The molecule has 7 heteroatoms. The van der Waals surface area contributed by atoms with Gasteiger partial charge in [0.05, 0.1) is 11.6 Å². The Kier molecular flexibility index (Phi) is 8.85. The zero-order chi connectivity index (χ0) is 23.6. The number of nitrogens with one attached hydrogen (secondary N) is 2. The molecular weight excluding hydrogens is 416 g/mol. The smallest absolute Gasteiger partial charge is 0.319 e. The number of carbonyl (C=O) groups excluding carboxylic acids is 2. The number of aryl methyl sites for hydroxylation is 1. The van der Waals surface area contributed by atoms with Gasteiger partial charge in [-0.3, -0.25) is 4.79 Å². The van der Waals surface area contributed by atoms with Crippen LogP contribution in [0.3, 0.4) is 0 Å². The number of benzene rings is 2. The average Bonchev–Trinajstić information content (AvgIpc) is 2.85. The summed E-state index contributed by atoms with van der Waals surface area (Å²) in [7, 11) is 1.66. The van der Waals surface area contributed by atoms with E-state index in [4.69, 9.17) is 10.00 Å². The Morgan fingerprint density at radius 2 is 1.85 bits per heavy atom. The molecule has 0 spiro atoms. The molecule has 0 aliphatic carbocycles. The van der Waals surface area contributed by atoms with E-state index in [1.54, 1.807) is 13.2 Å². The van der Waals surface area contributed by atoms with Crippen LogP contribution in [0.1, 0.15) is 58.6 Å². The Bertz CT molecular complexity index is 990. The fraction of sp³-hybridized carbons (Fsp3) is 0.423. The number of likely N-dealkylation sites (tertiary alicyclic amines) is 1. The highest BCUT2D eigenvalue weighted by atomic mass is 16.5. The second-order valence-corrected chi connectivity index (χ2v) is 8.41. The molecule has 1 fully saturated rings. The van der Waals surface area contributed by atoms with Crippen molar-refractivity contribution in [1.82, 2.24) is 10.2 Å². The lowest BCUT2D eigenvalue weighted by Crippen LogP contribution is -2.38. The second kappa shape index (κ2) is 12.0. The number of unbranched alkanes of at least 4 members (excludes halogenated alkanes) is 1. The predicted octanol–water partition coefficient (Wildman–Crippen LogP) is 4.43. The van der Waals surface area contributed by atoms with Gasteiger partial charge in [-0.15, -0.1) is 0 Å². The summed E-state index contributed by atoms with van der Waals surface area (Å²) in [5.74, 6) is 0.376. The molecule has 0 bridgehead atoms. The SMILES string of the molecule is COCCCCNC(=O)Nc1cc(C(=O)N2CCC(c3ccc(C#N)cc3)CC2)ccc1C. The van der Waals surface area contributed by atoms with Gasteiger partial charge in [-0.2, -0.15) is 5.26 Å². The molecule has 3 rings (SSSR count). The number of nitrogens with zero attached hydrogens (tertiary/aromatic N) is 2. The molecule has 1 aliphatic rings. The third-order valence-electron chi connectivity index (χ3n) is 6.09. The summed E-state index contributed by atoms with van der Waals surface area (Å²) in [5.41, 5.74) is 4.00. The number of nitriles is 1. The molecule has 7 nitrogen and oxygen atoms in total. The van der Waals surface area contributed by atoms with Crippen LogP contribution in [0.2, 0.25) is 0 Å². The van der Waals surface area contributed by atoms with Crippen molar-refractivity contribution in [2.45, 2.75) is 38.5 Å². The van der Waals surface area contributed by atoms with Crippen molar-refractivity contribution in [3.63, 3.8) is 0 Å². The molecule has 1 aliphatic heterocycles. The summed E-state index contributed by atoms with van der Waals surface area (Å²) in [6.07, 6.45) is 3.51. The van der Waals surface area contributed by atoms with Crippen molar-refractivity contribution in [3.8, 4) is 6.07 Å². The molecule has 0 radical (unpaired) electrons. The number of carbonyl (C=O) groups is 2. The topological polar surface area (TPSA) is 94.5 Å². The number of hydrogen-bond donors (Lipinski definition) is 2. The first-order valence-corrected chi connectivity index (χ1v) is 11.5. The lowest BCUT2D eigenvalue weighted by molar-refractivity contribution is 0.0713. The van der Waals surface area contributed by atoms with E-state index in [1.807, 2.05) is 48.2 Å². The van der Waals surface area contributed by atoms with Gasteiger partial charge in [-0.25, -0.2) is 4.79 Å². The van der Waals surface area contributed by atoms with E-state index in [1.165, 1.54) is 5.56 Å². The lowest BCUT2D eigenvalue weighted by atomic mass is 9.89. The van der Waals surface area contributed by atoms with Gasteiger partial charge in [0.15, 0.2) is 0 Å². The van der Waals surface area contributed by atoms with Crippen LogP contribution in [0.15, 0.2) is 42.5 Å². The van der Waals surface area contributed by atoms with Gasteiger partial charge in [0.1, 0.15) is 0 Å². The molecule has 174 valence electrons. The first-order chi connectivity index (χ1) is 16.0. The largest absolute Gasteiger partial charge is 0.385 e. The number of anilines is 1. The highest BCUT2D eigenvalue weighted by Crippen LogP contribution is 2.29. The molecule has 2 aromatic rings. The van der Waals surface area contributed by atoms with E-state index in [2.05, 4.69) is 16.7 Å². The highest BCUT2D eigenvalue weighted by molar-refractivity contribution is 5.97. The molecule has 1 saturated heterocycles. The summed E-state index contributed by atoms with van der Waals surface area (Å²) >= 11 is 0. The Labute approximate surface area is 195 Å². The molecule has 1 heterocycles. The van der Waals surface area contributed by atoms with Gasteiger partial charge in [0.2, 0.25) is 0 Å². The van der Waals surface area contributed by atoms with E-state index < -0.39 is 0 Å². The number of piperidine rings is 1. The van der Waals surface area contributed by atoms with Crippen molar-refractivity contribution in [2.24, 2.45) is 0 Å². The van der Waals surface area contributed by atoms with Crippen molar-refractivity contribution in [2.75, 3.05) is 38.7 Å². The van der Waals surface area contributed by atoms with Crippen LogP contribution >= 0.6 is 0 Å². The van der Waals surface area contributed by atoms with Crippen molar-refractivity contribution < 1.29 is 14.3 Å².